The fourth-order valence-electron chi connectivity index (χ4n) is 9.32. The van der Waals surface area contributed by atoms with Crippen LogP contribution in [0.2, 0.25) is 0 Å². The molecule has 3 heterocycles. The van der Waals surface area contributed by atoms with Gasteiger partial charge in [-0.1, -0.05) is 75.9 Å². The second kappa shape index (κ2) is 21.1. The van der Waals surface area contributed by atoms with Gasteiger partial charge in [0.25, 0.3) is 5.91 Å². The molecule has 0 aromatic heterocycles. The van der Waals surface area contributed by atoms with E-state index in [-0.39, 0.29) is 44.9 Å². The number of amides is 3. The first-order valence-electron chi connectivity index (χ1n) is 23.0. The minimum atomic E-state index is -1.42. The van der Waals surface area contributed by atoms with Crippen LogP contribution in [0.4, 0.5) is 0 Å². The Hall–Kier alpha value is -4.67. The molecule has 2 bridgehead atoms. The zero-order chi connectivity index (χ0) is 46.2. The SMILES string of the molecule is CCCCCC1(CCCCC)OC2C3CC4(C(=O)NCc5cccc(C(=O)NC(CO)CCC(=O)OC(C)(C)C)c5)C(ON(Cc5cccc(C=CC(=O)N(C)C)c5)C4C(=O)O3)C2O1. The lowest BCUT2D eigenvalue weighted by atomic mass is 9.62. The molecule has 2 aromatic carbocycles. The number of ether oxygens (including phenoxy) is 4. The van der Waals surface area contributed by atoms with Gasteiger partial charge in [-0.15, -0.1) is 0 Å². The van der Waals surface area contributed by atoms with E-state index in [1.807, 2.05) is 24.3 Å². The molecular formula is C49H68N4O11. The topological polar surface area (TPSA) is 182 Å². The lowest BCUT2D eigenvalue weighted by Crippen LogP contribution is -2.69. The minimum absolute atomic E-state index is 0.0224. The third-order valence-corrected chi connectivity index (χ3v) is 12.5. The van der Waals surface area contributed by atoms with Crippen LogP contribution in [0, 0.1) is 5.41 Å². The maximum Gasteiger partial charge on any atom is 0.327 e. The van der Waals surface area contributed by atoms with Gasteiger partial charge < -0.3 is 39.6 Å². The van der Waals surface area contributed by atoms with Crippen LogP contribution in [0.5, 0.6) is 0 Å². The second-order valence-corrected chi connectivity index (χ2v) is 18.9. The Kier molecular flexibility index (Phi) is 16.1. The van der Waals surface area contributed by atoms with Crippen molar-refractivity contribution in [1.29, 1.82) is 0 Å². The zero-order valence-electron chi connectivity index (χ0n) is 38.6. The summed E-state index contributed by atoms with van der Waals surface area (Å²) in [7, 11) is 3.36. The first-order valence-corrected chi connectivity index (χ1v) is 23.0. The summed E-state index contributed by atoms with van der Waals surface area (Å²) in [5, 5.41) is 17.4. The maximum absolute atomic E-state index is 15.0. The van der Waals surface area contributed by atoms with Crippen molar-refractivity contribution >= 4 is 35.7 Å². The Morgan fingerprint density at radius 2 is 1.66 bits per heavy atom. The van der Waals surface area contributed by atoms with Crippen LogP contribution >= 0.6 is 0 Å². The van der Waals surface area contributed by atoms with Gasteiger partial charge in [0, 0.05) is 58.0 Å². The van der Waals surface area contributed by atoms with E-state index in [2.05, 4.69) is 24.5 Å². The number of aliphatic hydroxyl groups is 1. The Morgan fingerprint density at radius 3 is 2.33 bits per heavy atom. The minimum Gasteiger partial charge on any atom is -0.460 e. The first-order chi connectivity index (χ1) is 30.5. The average molecular weight is 889 g/mol. The predicted molar refractivity (Wildman–Crippen MR) is 238 cm³/mol. The molecule has 64 heavy (non-hydrogen) atoms. The number of hydrogen-bond donors (Lipinski definition) is 3. The van der Waals surface area contributed by atoms with E-state index in [0.29, 0.717) is 24.0 Å². The van der Waals surface area contributed by atoms with Gasteiger partial charge in [0.15, 0.2) is 11.8 Å². The summed E-state index contributed by atoms with van der Waals surface area (Å²) >= 11 is 0. The zero-order valence-corrected chi connectivity index (χ0v) is 38.6. The molecule has 6 rings (SSSR count). The molecule has 1 aliphatic carbocycles. The fourth-order valence-corrected chi connectivity index (χ4v) is 9.32. The Labute approximate surface area is 377 Å². The van der Waals surface area contributed by atoms with Gasteiger partial charge in [0.05, 0.1) is 19.2 Å². The molecule has 3 saturated heterocycles. The van der Waals surface area contributed by atoms with Crippen molar-refractivity contribution in [3.63, 3.8) is 0 Å². The Bertz CT molecular complexity index is 2010. The molecule has 0 radical (unpaired) electrons. The smallest absolute Gasteiger partial charge is 0.327 e. The van der Waals surface area contributed by atoms with Crippen molar-refractivity contribution < 1.29 is 52.9 Å². The number of rotatable bonds is 21. The predicted octanol–water partition coefficient (Wildman–Crippen LogP) is 5.76. The van der Waals surface area contributed by atoms with Crippen LogP contribution in [0.1, 0.15) is 132 Å². The van der Waals surface area contributed by atoms with E-state index in [1.165, 1.54) is 11.0 Å². The van der Waals surface area contributed by atoms with Gasteiger partial charge in [-0.05, 0) is 74.9 Å². The van der Waals surface area contributed by atoms with Crippen molar-refractivity contribution in [3.8, 4) is 0 Å². The summed E-state index contributed by atoms with van der Waals surface area (Å²) in [5.74, 6) is -2.93. The van der Waals surface area contributed by atoms with Gasteiger partial charge in [-0.2, -0.15) is 5.06 Å². The number of hydrogen-bond acceptors (Lipinski definition) is 12. The number of aliphatic hydroxyl groups excluding tert-OH is 1. The first kappa shape index (κ1) is 48.8. The number of unbranched alkanes of at least 4 members (excludes halogenated alkanes) is 4. The largest absolute Gasteiger partial charge is 0.460 e. The number of esters is 2. The molecule has 0 spiro atoms. The van der Waals surface area contributed by atoms with Gasteiger partial charge in [0.1, 0.15) is 35.4 Å². The van der Waals surface area contributed by atoms with E-state index in [9.17, 15) is 24.3 Å². The van der Waals surface area contributed by atoms with E-state index in [0.717, 1.165) is 49.7 Å². The number of carbonyl (C=O) groups excluding carboxylic acids is 5. The van der Waals surface area contributed by atoms with Crippen LogP contribution in [0.3, 0.4) is 0 Å². The molecule has 3 N–H and O–H groups in total. The van der Waals surface area contributed by atoms with E-state index in [4.69, 9.17) is 23.8 Å². The summed E-state index contributed by atoms with van der Waals surface area (Å²) in [6.07, 6.45) is 7.81. The number of nitrogens with one attached hydrogen (secondary N) is 2. The van der Waals surface area contributed by atoms with Gasteiger partial charge in [0.2, 0.25) is 11.8 Å². The Morgan fingerprint density at radius 1 is 0.969 bits per heavy atom. The fraction of sp³-hybridized carbons (Fsp3) is 0.612. The number of hydroxylamine groups is 2. The number of fused-ring (bicyclic) bond motifs is 4. The highest BCUT2D eigenvalue weighted by molar-refractivity contribution is 5.95. The van der Waals surface area contributed by atoms with E-state index in [1.54, 1.807) is 70.3 Å². The van der Waals surface area contributed by atoms with Crippen LogP contribution in [-0.2, 0) is 56.1 Å². The molecule has 7 unspecified atom stereocenters. The van der Waals surface area contributed by atoms with Crippen LogP contribution in [0.15, 0.2) is 54.6 Å². The third kappa shape index (κ3) is 11.4. The molecule has 3 aliphatic heterocycles. The molecule has 350 valence electrons. The lowest BCUT2D eigenvalue weighted by Gasteiger charge is -2.48. The normalized spacial score (nSPS) is 25.1. The summed E-state index contributed by atoms with van der Waals surface area (Å²) in [5.41, 5.74) is 0.443. The molecule has 15 heteroatoms. The summed E-state index contributed by atoms with van der Waals surface area (Å²) < 4.78 is 25.5. The molecule has 2 aromatic rings. The highest BCUT2D eigenvalue weighted by Crippen LogP contribution is 2.58. The summed E-state index contributed by atoms with van der Waals surface area (Å²) in [6.45, 7) is 9.42. The molecule has 4 fully saturated rings. The molecule has 4 aliphatic rings. The lowest BCUT2D eigenvalue weighted by molar-refractivity contribution is -0.224. The molecule has 15 nitrogen and oxygen atoms in total. The van der Waals surface area contributed by atoms with Gasteiger partial charge in [-0.3, -0.25) is 28.8 Å². The number of benzene rings is 2. The number of nitrogens with zero attached hydrogens (tertiary/aromatic N) is 2. The van der Waals surface area contributed by atoms with Crippen LogP contribution < -0.4 is 10.6 Å². The van der Waals surface area contributed by atoms with Crippen molar-refractivity contribution in [2.45, 2.75) is 166 Å². The number of carbonyl (C=O) groups is 5. The van der Waals surface area contributed by atoms with Crippen molar-refractivity contribution in [1.82, 2.24) is 20.6 Å². The molecule has 1 saturated carbocycles. The van der Waals surface area contributed by atoms with Crippen molar-refractivity contribution in [2.24, 2.45) is 5.41 Å². The van der Waals surface area contributed by atoms with E-state index < -0.39 is 77.1 Å². The van der Waals surface area contributed by atoms with Crippen molar-refractivity contribution in [3.05, 3.63) is 76.9 Å². The monoisotopic (exact) mass is 888 g/mol. The highest BCUT2D eigenvalue weighted by atomic mass is 16.8. The van der Waals surface area contributed by atoms with Crippen molar-refractivity contribution in [2.75, 3.05) is 20.7 Å². The van der Waals surface area contributed by atoms with Crippen LogP contribution in [0.25, 0.3) is 6.08 Å². The molecule has 7 atom stereocenters. The summed E-state index contributed by atoms with van der Waals surface area (Å²) in [6, 6.07) is 12.5. The Balaban J connectivity index is 1.25. The highest BCUT2D eigenvalue weighted by Gasteiger charge is 2.76. The number of likely N-dealkylation sites (N-methyl/N-ethyl adjacent to an activating group) is 1. The van der Waals surface area contributed by atoms with E-state index >= 15 is 4.79 Å². The molecule has 3 amide bonds. The van der Waals surface area contributed by atoms with Gasteiger partial charge in [-0.25, -0.2) is 0 Å². The van der Waals surface area contributed by atoms with Gasteiger partial charge >= 0.3 is 11.9 Å². The second-order valence-electron chi connectivity index (χ2n) is 18.9. The summed E-state index contributed by atoms with van der Waals surface area (Å²) in [4.78, 5) is 75.7. The maximum atomic E-state index is 15.0. The van der Waals surface area contributed by atoms with Crippen LogP contribution in [-0.4, -0.2) is 113 Å². The average Bonchev–Trinajstić information content (AvgIpc) is 3.81. The standard InChI is InChI=1S/C49H68N4O11/c1-8-10-12-24-48(25-13-11-9-2)62-40-37-28-49(46(59)50-29-33-17-15-19-35(27-33)44(57)51-36(31-54)21-23-39(56)61-47(3,4)5)42(45(58)60-37)53(64-43(49)41(40)63-48)30-34-18-14-16-32(26-34)20-22-38(55)52(6)7/h14-20,22,26-27,36-37,40-43,54H,8-13,21,23-25,28-31H2,1-7H3,(H,50,59)(H,51,57). The molecular weight excluding hydrogens is 821 g/mol. The quantitative estimate of drug-likeness (QED) is 0.0785. The third-order valence-electron chi connectivity index (χ3n) is 12.5.